The molecule has 1 heterocycles. The van der Waals surface area contributed by atoms with E-state index in [1.54, 1.807) is 0 Å². The van der Waals surface area contributed by atoms with Crippen LogP contribution in [0.4, 0.5) is 0 Å². The van der Waals surface area contributed by atoms with Crippen LogP contribution in [0.25, 0.3) is 10.9 Å². The van der Waals surface area contributed by atoms with Crippen LogP contribution in [0.5, 0.6) is 0 Å². The van der Waals surface area contributed by atoms with Gasteiger partial charge in [-0.25, -0.2) is 0 Å². The zero-order chi connectivity index (χ0) is 16.4. The Kier molecular flexibility index (Phi) is 4.20. The van der Waals surface area contributed by atoms with Gasteiger partial charge in [0.15, 0.2) is 0 Å². The zero-order valence-electron chi connectivity index (χ0n) is 13.9. The van der Waals surface area contributed by atoms with Gasteiger partial charge in [-0.2, -0.15) is 0 Å². The normalized spacial score (nSPS) is 10.9. The van der Waals surface area contributed by atoms with Crippen molar-refractivity contribution in [3.8, 4) is 0 Å². The third-order valence-corrected chi connectivity index (χ3v) is 4.50. The molecule has 1 N–H and O–H groups in total. The van der Waals surface area contributed by atoms with Crippen molar-refractivity contribution >= 4 is 16.8 Å². The van der Waals surface area contributed by atoms with Crippen molar-refractivity contribution in [1.82, 2.24) is 9.88 Å². The van der Waals surface area contributed by atoms with Crippen LogP contribution in [0.15, 0.2) is 48.5 Å². The lowest BCUT2D eigenvalue weighted by atomic mass is 10.1. The number of aryl methyl sites for hydroxylation is 2. The molecule has 1 amide bonds. The van der Waals surface area contributed by atoms with E-state index in [0.29, 0.717) is 12.1 Å². The minimum atomic E-state index is -0.0112. The molecule has 0 bridgehead atoms. The molecule has 0 aliphatic carbocycles. The van der Waals surface area contributed by atoms with Crippen LogP contribution in [-0.4, -0.2) is 17.0 Å². The Hall–Kier alpha value is -2.55. The average Bonchev–Trinajstić information content (AvgIpc) is 2.81. The predicted molar refractivity (Wildman–Crippen MR) is 94.9 cm³/mol. The van der Waals surface area contributed by atoms with Gasteiger partial charge in [-0.05, 0) is 44.0 Å². The Morgan fingerprint density at radius 3 is 2.48 bits per heavy atom. The van der Waals surface area contributed by atoms with Gasteiger partial charge in [0.2, 0.25) is 0 Å². The maximum atomic E-state index is 12.2. The van der Waals surface area contributed by atoms with E-state index in [-0.39, 0.29) is 5.91 Å². The molecule has 0 atom stereocenters. The van der Waals surface area contributed by atoms with Crippen LogP contribution in [0.2, 0.25) is 0 Å². The number of rotatable bonds is 4. The third kappa shape index (κ3) is 3.00. The standard InChI is InChI=1S/C20H22N2O/c1-14-8-10-16(11-9-14)20(23)21-13-12-17-15(2)22(3)19-7-5-4-6-18(17)19/h4-11H,12-13H2,1-3H3,(H,21,23). The predicted octanol–water partition coefficient (Wildman–Crippen LogP) is 3.77. The molecule has 3 heteroatoms. The van der Waals surface area contributed by atoms with Crippen molar-refractivity contribution in [2.45, 2.75) is 20.3 Å². The summed E-state index contributed by atoms with van der Waals surface area (Å²) in [5, 5.41) is 4.29. The molecule has 0 spiro atoms. The van der Waals surface area contributed by atoms with Crippen LogP contribution < -0.4 is 5.32 Å². The molecule has 118 valence electrons. The van der Waals surface area contributed by atoms with Crippen LogP contribution >= 0.6 is 0 Å². The summed E-state index contributed by atoms with van der Waals surface area (Å²) in [7, 11) is 2.09. The van der Waals surface area contributed by atoms with Gasteiger partial charge < -0.3 is 9.88 Å². The fourth-order valence-corrected chi connectivity index (χ4v) is 3.02. The lowest BCUT2D eigenvalue weighted by molar-refractivity contribution is 0.0954. The number of hydrogen-bond donors (Lipinski definition) is 1. The number of aromatic nitrogens is 1. The highest BCUT2D eigenvalue weighted by Gasteiger charge is 2.11. The monoisotopic (exact) mass is 306 g/mol. The Bertz CT molecular complexity index is 844. The SMILES string of the molecule is Cc1ccc(C(=O)NCCc2c(C)n(C)c3ccccc23)cc1. The molecule has 0 fully saturated rings. The topological polar surface area (TPSA) is 34.0 Å². The number of nitrogens with one attached hydrogen (secondary N) is 1. The van der Waals surface area contributed by atoms with E-state index >= 15 is 0 Å². The maximum Gasteiger partial charge on any atom is 0.251 e. The summed E-state index contributed by atoms with van der Waals surface area (Å²) in [6.07, 6.45) is 0.838. The van der Waals surface area contributed by atoms with Crippen LogP contribution in [0.1, 0.15) is 27.2 Å². The number of amides is 1. The number of nitrogens with zero attached hydrogens (tertiary/aromatic N) is 1. The van der Waals surface area contributed by atoms with Gasteiger partial charge in [0.1, 0.15) is 0 Å². The van der Waals surface area contributed by atoms with Crippen LogP contribution in [-0.2, 0) is 13.5 Å². The van der Waals surface area contributed by atoms with E-state index in [1.165, 1.54) is 22.2 Å². The molecule has 23 heavy (non-hydrogen) atoms. The van der Waals surface area contributed by atoms with E-state index < -0.39 is 0 Å². The van der Waals surface area contributed by atoms with Gasteiger partial charge in [0.25, 0.3) is 5.91 Å². The minimum Gasteiger partial charge on any atom is -0.352 e. The molecule has 3 nitrogen and oxygen atoms in total. The van der Waals surface area contributed by atoms with Gasteiger partial charge >= 0.3 is 0 Å². The first kappa shape index (κ1) is 15.3. The van der Waals surface area contributed by atoms with Crippen molar-refractivity contribution in [1.29, 1.82) is 0 Å². The quantitative estimate of drug-likeness (QED) is 0.782. The Morgan fingerprint density at radius 2 is 1.74 bits per heavy atom. The first-order chi connectivity index (χ1) is 11.1. The lowest BCUT2D eigenvalue weighted by Gasteiger charge is -2.06. The minimum absolute atomic E-state index is 0.0112. The number of benzene rings is 2. The number of fused-ring (bicyclic) bond motifs is 1. The summed E-state index contributed by atoms with van der Waals surface area (Å²) in [4.78, 5) is 12.2. The summed E-state index contributed by atoms with van der Waals surface area (Å²) >= 11 is 0. The molecular weight excluding hydrogens is 284 g/mol. The Labute approximate surface area is 136 Å². The second-order valence-electron chi connectivity index (χ2n) is 6.01. The highest BCUT2D eigenvalue weighted by Crippen LogP contribution is 2.24. The van der Waals surface area contributed by atoms with Crippen molar-refractivity contribution in [3.05, 3.63) is 70.9 Å². The molecule has 0 radical (unpaired) electrons. The van der Waals surface area contributed by atoms with Gasteiger partial charge in [-0.15, -0.1) is 0 Å². The third-order valence-electron chi connectivity index (χ3n) is 4.50. The van der Waals surface area contributed by atoms with E-state index in [4.69, 9.17) is 0 Å². The second kappa shape index (κ2) is 6.29. The van der Waals surface area contributed by atoms with E-state index in [1.807, 2.05) is 31.2 Å². The van der Waals surface area contributed by atoms with Crippen molar-refractivity contribution in [3.63, 3.8) is 0 Å². The van der Waals surface area contributed by atoms with Crippen LogP contribution in [0, 0.1) is 13.8 Å². The molecule has 3 rings (SSSR count). The van der Waals surface area contributed by atoms with Crippen molar-refractivity contribution in [2.24, 2.45) is 7.05 Å². The summed E-state index contributed by atoms with van der Waals surface area (Å²) in [5.41, 5.74) is 5.69. The summed E-state index contributed by atoms with van der Waals surface area (Å²) in [5.74, 6) is -0.0112. The number of para-hydroxylation sites is 1. The molecular formula is C20H22N2O. The molecule has 0 unspecified atom stereocenters. The number of hydrogen-bond acceptors (Lipinski definition) is 1. The molecule has 2 aromatic carbocycles. The van der Waals surface area contributed by atoms with Gasteiger partial charge in [0, 0.05) is 35.8 Å². The van der Waals surface area contributed by atoms with Crippen molar-refractivity contribution < 1.29 is 4.79 Å². The van der Waals surface area contributed by atoms with E-state index in [0.717, 1.165) is 12.0 Å². The first-order valence-electron chi connectivity index (χ1n) is 7.95. The largest absolute Gasteiger partial charge is 0.352 e. The summed E-state index contributed by atoms with van der Waals surface area (Å²) < 4.78 is 2.21. The zero-order valence-corrected chi connectivity index (χ0v) is 13.9. The van der Waals surface area contributed by atoms with Crippen LogP contribution in [0.3, 0.4) is 0 Å². The van der Waals surface area contributed by atoms with Crippen molar-refractivity contribution in [2.75, 3.05) is 6.54 Å². The van der Waals surface area contributed by atoms with Gasteiger partial charge in [-0.3, -0.25) is 4.79 Å². The van der Waals surface area contributed by atoms with Gasteiger partial charge in [-0.1, -0.05) is 35.9 Å². The fourth-order valence-electron chi connectivity index (χ4n) is 3.02. The Balaban J connectivity index is 1.71. The molecule has 1 aromatic heterocycles. The molecule has 0 saturated carbocycles. The molecule has 0 aliphatic rings. The molecule has 3 aromatic rings. The lowest BCUT2D eigenvalue weighted by Crippen LogP contribution is -2.25. The summed E-state index contributed by atoms with van der Waals surface area (Å²) in [6, 6.07) is 16.1. The number of carbonyl (C=O) groups is 1. The first-order valence-corrected chi connectivity index (χ1v) is 7.95. The van der Waals surface area contributed by atoms with E-state index in [2.05, 4.69) is 48.1 Å². The number of carbonyl (C=O) groups excluding carboxylic acids is 1. The second-order valence-corrected chi connectivity index (χ2v) is 6.01. The van der Waals surface area contributed by atoms with Gasteiger partial charge in [0.05, 0.1) is 0 Å². The summed E-state index contributed by atoms with van der Waals surface area (Å²) in [6.45, 7) is 4.80. The smallest absolute Gasteiger partial charge is 0.251 e. The average molecular weight is 306 g/mol. The van der Waals surface area contributed by atoms with E-state index in [9.17, 15) is 4.79 Å². The highest BCUT2D eigenvalue weighted by atomic mass is 16.1. The molecule has 0 saturated heterocycles. The fraction of sp³-hybridized carbons (Fsp3) is 0.250. The maximum absolute atomic E-state index is 12.2. The molecule has 0 aliphatic heterocycles. The highest BCUT2D eigenvalue weighted by molar-refractivity contribution is 5.94. The Morgan fingerprint density at radius 1 is 1.04 bits per heavy atom.